The third-order valence-electron chi connectivity index (χ3n) is 3.82. The van der Waals surface area contributed by atoms with E-state index in [1.165, 1.54) is 0 Å². The van der Waals surface area contributed by atoms with Crippen LogP contribution in [-0.2, 0) is 9.84 Å². The van der Waals surface area contributed by atoms with Crippen molar-refractivity contribution in [3.05, 3.63) is 29.3 Å². The number of aromatic carboxylic acids is 1. The first-order chi connectivity index (χ1) is 9.85. The van der Waals surface area contributed by atoms with Gasteiger partial charge in [-0.15, -0.1) is 0 Å². The van der Waals surface area contributed by atoms with Crippen LogP contribution < -0.4 is 0 Å². The molecule has 1 aliphatic carbocycles. The number of benzene rings is 1. The Labute approximate surface area is 121 Å². The lowest BCUT2D eigenvalue weighted by Crippen LogP contribution is -2.23. The van der Waals surface area contributed by atoms with Gasteiger partial charge in [0.25, 0.3) is 0 Å². The highest BCUT2D eigenvalue weighted by atomic mass is 32.2. The Morgan fingerprint density at radius 1 is 1.10 bits per heavy atom. The van der Waals surface area contributed by atoms with Gasteiger partial charge in [0, 0.05) is 0 Å². The van der Waals surface area contributed by atoms with Crippen LogP contribution in [0.3, 0.4) is 0 Å². The lowest BCUT2D eigenvalue weighted by atomic mass is 10.2. The quantitative estimate of drug-likeness (QED) is 0.686. The summed E-state index contributed by atoms with van der Waals surface area (Å²) in [5.41, 5.74) is -1.22. The van der Waals surface area contributed by atoms with Crippen LogP contribution in [0, 0.1) is 11.6 Å². The van der Waals surface area contributed by atoms with E-state index in [1.54, 1.807) is 0 Å². The molecule has 0 aromatic heterocycles. The minimum atomic E-state index is -3.99. The number of rotatable bonds is 3. The van der Waals surface area contributed by atoms with E-state index >= 15 is 0 Å². The predicted molar refractivity (Wildman–Crippen MR) is 72.0 cm³/mol. The summed E-state index contributed by atoms with van der Waals surface area (Å²) in [6.45, 7) is 0. The minimum absolute atomic E-state index is 0.418. The summed E-state index contributed by atoms with van der Waals surface area (Å²) >= 11 is 0. The fraction of sp³-hybridized carbons (Fsp3) is 0.500. The van der Waals surface area contributed by atoms with Crippen LogP contribution in [-0.4, -0.2) is 24.7 Å². The van der Waals surface area contributed by atoms with Gasteiger partial charge in [-0.05, 0) is 25.0 Å². The molecule has 0 radical (unpaired) electrons. The molecule has 1 aromatic rings. The average Bonchev–Trinajstić information content (AvgIpc) is 2.67. The molecule has 0 unspecified atom stereocenters. The zero-order chi connectivity index (χ0) is 15.6. The maximum Gasteiger partial charge on any atom is 0.341 e. The summed E-state index contributed by atoms with van der Waals surface area (Å²) in [6.07, 6.45) is 4.16. The third kappa shape index (κ3) is 3.07. The molecule has 21 heavy (non-hydrogen) atoms. The second kappa shape index (κ2) is 6.09. The Kier molecular flexibility index (Phi) is 4.61. The van der Waals surface area contributed by atoms with Crippen LogP contribution in [0.15, 0.2) is 17.0 Å². The molecule has 4 nitrogen and oxygen atoms in total. The molecule has 0 atom stereocenters. The summed E-state index contributed by atoms with van der Waals surface area (Å²) in [5, 5.41) is 8.08. The number of carboxylic acid groups (broad SMARTS) is 1. The lowest BCUT2D eigenvalue weighted by Gasteiger charge is -2.16. The van der Waals surface area contributed by atoms with E-state index in [0.717, 1.165) is 31.7 Å². The first-order valence-corrected chi connectivity index (χ1v) is 8.35. The number of hydrogen-bond acceptors (Lipinski definition) is 3. The van der Waals surface area contributed by atoms with Crippen molar-refractivity contribution < 1.29 is 27.1 Å². The normalized spacial score (nSPS) is 17.4. The standard InChI is InChI=1S/C14H16F2O4S/c15-10-7-8-11(13(16)12(10)14(17)18)21(19,20)9-5-3-1-2-4-6-9/h7-9H,1-6H2,(H,17,18). The maximum absolute atomic E-state index is 14.1. The minimum Gasteiger partial charge on any atom is -0.477 e. The number of carbonyl (C=O) groups is 1. The molecule has 1 fully saturated rings. The topological polar surface area (TPSA) is 71.4 Å². The molecule has 0 saturated heterocycles. The Balaban J connectivity index is 2.49. The average molecular weight is 318 g/mol. The van der Waals surface area contributed by atoms with E-state index in [4.69, 9.17) is 5.11 Å². The van der Waals surface area contributed by atoms with E-state index in [0.29, 0.717) is 18.9 Å². The predicted octanol–water partition coefficient (Wildman–Crippen LogP) is 3.16. The highest BCUT2D eigenvalue weighted by Gasteiger charge is 2.33. The molecule has 1 aliphatic rings. The van der Waals surface area contributed by atoms with Crippen molar-refractivity contribution in [2.75, 3.05) is 0 Å². The number of sulfone groups is 1. The summed E-state index contributed by atoms with van der Waals surface area (Å²) < 4.78 is 52.5. The van der Waals surface area contributed by atoms with Crippen LogP contribution in [0.4, 0.5) is 8.78 Å². The molecule has 1 saturated carbocycles. The molecule has 0 amide bonds. The molecule has 0 bridgehead atoms. The highest BCUT2D eigenvalue weighted by Crippen LogP contribution is 2.30. The van der Waals surface area contributed by atoms with Gasteiger partial charge in [-0.1, -0.05) is 25.7 Å². The molecule has 0 aliphatic heterocycles. The van der Waals surface area contributed by atoms with E-state index in [9.17, 15) is 22.0 Å². The second-order valence-corrected chi connectivity index (χ2v) is 7.39. The molecule has 7 heteroatoms. The van der Waals surface area contributed by atoms with Crippen LogP contribution in [0.2, 0.25) is 0 Å². The molecule has 2 rings (SSSR count). The Hall–Kier alpha value is -1.50. The van der Waals surface area contributed by atoms with Crippen LogP contribution in [0.1, 0.15) is 48.9 Å². The highest BCUT2D eigenvalue weighted by molar-refractivity contribution is 7.92. The first-order valence-electron chi connectivity index (χ1n) is 6.81. The number of carboxylic acids is 1. The third-order valence-corrected chi connectivity index (χ3v) is 6.09. The molecule has 1 aromatic carbocycles. The van der Waals surface area contributed by atoms with Gasteiger partial charge in [0.2, 0.25) is 0 Å². The van der Waals surface area contributed by atoms with Gasteiger partial charge in [0.15, 0.2) is 15.7 Å². The van der Waals surface area contributed by atoms with Crippen molar-refractivity contribution in [2.24, 2.45) is 0 Å². The SMILES string of the molecule is O=C(O)c1c(F)ccc(S(=O)(=O)C2CCCCCC2)c1F. The molecule has 1 N–H and O–H groups in total. The van der Waals surface area contributed by atoms with Gasteiger partial charge < -0.3 is 5.11 Å². The van der Waals surface area contributed by atoms with Gasteiger partial charge in [-0.25, -0.2) is 22.0 Å². The number of hydrogen-bond donors (Lipinski definition) is 1. The molecule has 0 heterocycles. The fourth-order valence-electron chi connectivity index (χ4n) is 2.68. The van der Waals surface area contributed by atoms with Crippen molar-refractivity contribution in [3.63, 3.8) is 0 Å². The zero-order valence-corrected chi connectivity index (χ0v) is 12.1. The fourth-order valence-corrected chi connectivity index (χ4v) is 4.60. The maximum atomic E-state index is 14.1. The van der Waals surface area contributed by atoms with Crippen molar-refractivity contribution in [1.29, 1.82) is 0 Å². The van der Waals surface area contributed by atoms with Crippen LogP contribution in [0.5, 0.6) is 0 Å². The molecule has 116 valence electrons. The Morgan fingerprint density at radius 3 is 2.19 bits per heavy atom. The summed E-state index contributed by atoms with van der Waals surface area (Å²) in [4.78, 5) is 10.2. The molecular formula is C14H16F2O4S. The smallest absolute Gasteiger partial charge is 0.341 e. The Morgan fingerprint density at radius 2 is 1.67 bits per heavy atom. The second-order valence-electron chi connectivity index (χ2n) is 5.20. The van der Waals surface area contributed by atoms with Gasteiger partial charge in [-0.3, -0.25) is 0 Å². The summed E-state index contributed by atoms with van der Waals surface area (Å²) in [7, 11) is -3.99. The van der Waals surface area contributed by atoms with Gasteiger partial charge >= 0.3 is 5.97 Å². The summed E-state index contributed by atoms with van der Waals surface area (Å²) in [6, 6.07) is 1.51. The van der Waals surface area contributed by atoms with E-state index in [1.807, 2.05) is 0 Å². The monoisotopic (exact) mass is 318 g/mol. The van der Waals surface area contributed by atoms with E-state index < -0.39 is 43.1 Å². The zero-order valence-electron chi connectivity index (χ0n) is 11.3. The van der Waals surface area contributed by atoms with Crippen molar-refractivity contribution in [3.8, 4) is 0 Å². The largest absolute Gasteiger partial charge is 0.477 e. The van der Waals surface area contributed by atoms with Gasteiger partial charge in [-0.2, -0.15) is 0 Å². The molecular weight excluding hydrogens is 302 g/mol. The Bertz CT molecular complexity index is 647. The van der Waals surface area contributed by atoms with Gasteiger partial charge in [0.05, 0.1) is 5.25 Å². The van der Waals surface area contributed by atoms with Crippen molar-refractivity contribution in [1.82, 2.24) is 0 Å². The van der Waals surface area contributed by atoms with Crippen molar-refractivity contribution in [2.45, 2.75) is 48.7 Å². The number of halogens is 2. The van der Waals surface area contributed by atoms with Gasteiger partial charge in [0.1, 0.15) is 16.3 Å². The van der Waals surface area contributed by atoms with Crippen LogP contribution >= 0.6 is 0 Å². The van der Waals surface area contributed by atoms with Crippen molar-refractivity contribution >= 4 is 15.8 Å². The van der Waals surface area contributed by atoms with E-state index in [2.05, 4.69) is 0 Å². The first kappa shape index (κ1) is 15.9. The summed E-state index contributed by atoms with van der Waals surface area (Å²) in [5.74, 6) is -4.60. The van der Waals surface area contributed by atoms with E-state index in [-0.39, 0.29) is 0 Å². The lowest BCUT2D eigenvalue weighted by molar-refractivity contribution is 0.0685. The molecule has 0 spiro atoms. The van der Waals surface area contributed by atoms with Crippen LogP contribution in [0.25, 0.3) is 0 Å².